The highest BCUT2D eigenvalue weighted by atomic mass is 35.6. The normalized spacial score (nSPS) is 20.1. The van der Waals surface area contributed by atoms with E-state index < -0.39 is 16.0 Å². The van der Waals surface area contributed by atoms with E-state index in [1.165, 1.54) is 4.70 Å². The Kier molecular flexibility index (Phi) is 10.6. The van der Waals surface area contributed by atoms with Crippen LogP contribution >= 0.6 is 57.9 Å². The van der Waals surface area contributed by atoms with Crippen LogP contribution in [0.25, 0.3) is 21.3 Å². The fourth-order valence-corrected chi connectivity index (χ4v) is 7.81. The number of nitrogens with zero attached hydrogens (tertiary/aromatic N) is 1. The van der Waals surface area contributed by atoms with Crippen LogP contribution in [0.15, 0.2) is 101 Å². The van der Waals surface area contributed by atoms with Crippen LogP contribution in [0.5, 0.6) is 0 Å². The van der Waals surface area contributed by atoms with Gasteiger partial charge in [0.15, 0.2) is 10.6 Å². The first kappa shape index (κ1) is 33.2. The maximum absolute atomic E-state index is 12.0. The molecule has 1 amide bonds. The summed E-state index contributed by atoms with van der Waals surface area (Å²) in [5.74, 6) is 0.127. The number of halogens is 3. The van der Waals surface area contributed by atoms with Crippen LogP contribution in [0.1, 0.15) is 41.6 Å². The molecule has 0 aliphatic carbocycles. The zero-order valence-corrected chi connectivity index (χ0v) is 28.6. The molecule has 5 aromatic rings. The van der Waals surface area contributed by atoms with E-state index in [4.69, 9.17) is 49.3 Å². The Hall–Kier alpha value is -2.66. The molecule has 4 unspecified atom stereocenters. The summed E-state index contributed by atoms with van der Waals surface area (Å²) >= 11 is 20.4. The van der Waals surface area contributed by atoms with Crippen molar-refractivity contribution in [2.75, 3.05) is 5.75 Å². The summed E-state index contributed by atoms with van der Waals surface area (Å²) in [5, 5.41) is 12.2. The number of nitrogens with one attached hydrogen (secondary N) is 1. The zero-order valence-electron chi connectivity index (χ0n) is 24.7. The van der Waals surface area contributed by atoms with E-state index in [0.29, 0.717) is 0 Å². The maximum atomic E-state index is 12.0. The maximum Gasteiger partial charge on any atom is 0.272 e. The molecule has 4 atom stereocenters. The molecule has 46 heavy (non-hydrogen) atoms. The Bertz CT molecular complexity index is 1760. The van der Waals surface area contributed by atoms with Gasteiger partial charge in [-0.05, 0) is 46.0 Å². The van der Waals surface area contributed by atoms with Gasteiger partial charge in [-0.3, -0.25) is 4.79 Å². The standard InChI is InChI=1S/C35H31Cl3N2O4S2/c1-21-29(20-45-34-40-28-7-2-3-8-30(28)46-34)43-32(44-31(21)25-11-9-22(19-41)10-12-25)26-15-13-24(14-16-26)27-6-4-5-23(17-27)18-39-33(42)35(36,37)38/h2-17,21,29,31-32,41H,18-20H2,1H3,(H,39,42). The number of hydrogen-bond donors (Lipinski definition) is 2. The molecule has 1 aliphatic rings. The number of amides is 1. The van der Waals surface area contributed by atoms with Crippen molar-refractivity contribution < 1.29 is 19.4 Å². The Balaban J connectivity index is 1.20. The minimum absolute atomic E-state index is 0.00657. The largest absolute Gasteiger partial charge is 0.392 e. The van der Waals surface area contributed by atoms with Crippen molar-refractivity contribution in [3.05, 3.63) is 119 Å². The van der Waals surface area contributed by atoms with Gasteiger partial charge in [0.2, 0.25) is 0 Å². The highest BCUT2D eigenvalue weighted by molar-refractivity contribution is 8.01. The number of aromatic nitrogens is 1. The van der Waals surface area contributed by atoms with E-state index in [0.717, 1.165) is 49.0 Å². The Labute approximate surface area is 291 Å². The topological polar surface area (TPSA) is 80.7 Å². The number of carbonyl (C=O) groups excluding carboxylic acids is 1. The lowest BCUT2D eigenvalue weighted by molar-refractivity contribution is -0.268. The van der Waals surface area contributed by atoms with Crippen molar-refractivity contribution >= 4 is 74.0 Å². The van der Waals surface area contributed by atoms with Crippen molar-refractivity contribution in [2.24, 2.45) is 5.92 Å². The van der Waals surface area contributed by atoms with E-state index in [1.54, 1.807) is 23.1 Å². The summed E-state index contributed by atoms with van der Waals surface area (Å²) in [7, 11) is 0. The van der Waals surface area contributed by atoms with Crippen molar-refractivity contribution in [2.45, 2.75) is 46.7 Å². The number of alkyl halides is 3. The molecule has 1 aromatic heterocycles. The number of ether oxygens (including phenoxy) is 2. The van der Waals surface area contributed by atoms with Gasteiger partial charge in [-0.25, -0.2) is 4.98 Å². The number of thioether (sulfide) groups is 1. The second kappa shape index (κ2) is 14.6. The third kappa shape index (κ3) is 7.89. The van der Waals surface area contributed by atoms with E-state index in [1.807, 2.05) is 91.0 Å². The van der Waals surface area contributed by atoms with Crippen LogP contribution in [0, 0.1) is 5.92 Å². The van der Waals surface area contributed by atoms with E-state index in [2.05, 4.69) is 18.3 Å². The van der Waals surface area contributed by atoms with Gasteiger partial charge in [-0.1, -0.05) is 132 Å². The Morgan fingerprint density at radius 2 is 1.65 bits per heavy atom. The number of hydrogen-bond acceptors (Lipinski definition) is 7. The molecule has 0 spiro atoms. The van der Waals surface area contributed by atoms with E-state index in [9.17, 15) is 9.90 Å². The quantitative estimate of drug-likeness (QED) is 0.117. The summed E-state index contributed by atoms with van der Waals surface area (Å²) in [4.78, 5) is 16.8. The monoisotopic (exact) mass is 712 g/mol. The van der Waals surface area contributed by atoms with Crippen molar-refractivity contribution in [3.63, 3.8) is 0 Å². The number of aliphatic hydroxyl groups excluding tert-OH is 1. The number of fused-ring (bicyclic) bond motifs is 1. The van der Waals surface area contributed by atoms with E-state index in [-0.39, 0.29) is 31.3 Å². The molecular weight excluding hydrogens is 683 g/mol. The highest BCUT2D eigenvalue weighted by Crippen LogP contribution is 2.44. The molecule has 0 radical (unpaired) electrons. The lowest BCUT2D eigenvalue weighted by Crippen LogP contribution is -2.38. The predicted octanol–water partition coefficient (Wildman–Crippen LogP) is 9.03. The lowest BCUT2D eigenvalue weighted by atomic mass is 9.91. The van der Waals surface area contributed by atoms with Crippen LogP contribution in [-0.4, -0.2) is 31.6 Å². The fraction of sp³-hybridized carbons (Fsp3) is 0.257. The number of aliphatic hydroxyl groups is 1. The Morgan fingerprint density at radius 1 is 0.913 bits per heavy atom. The molecular formula is C35H31Cl3N2O4S2. The van der Waals surface area contributed by atoms with Crippen LogP contribution in [0.3, 0.4) is 0 Å². The molecule has 2 heterocycles. The molecule has 4 aromatic carbocycles. The minimum atomic E-state index is -2.01. The van der Waals surface area contributed by atoms with Crippen LogP contribution in [-0.2, 0) is 27.4 Å². The van der Waals surface area contributed by atoms with Gasteiger partial charge in [0.25, 0.3) is 9.70 Å². The number of benzene rings is 4. The number of thiazole rings is 1. The van der Waals surface area contributed by atoms with Crippen molar-refractivity contribution in [3.8, 4) is 11.1 Å². The van der Waals surface area contributed by atoms with E-state index >= 15 is 0 Å². The minimum Gasteiger partial charge on any atom is -0.392 e. The molecule has 6 rings (SSSR count). The second-order valence-electron chi connectivity index (χ2n) is 11.1. The van der Waals surface area contributed by atoms with Gasteiger partial charge in [0.05, 0.1) is 29.0 Å². The summed E-state index contributed by atoms with van der Waals surface area (Å²) in [5.41, 5.74) is 6.68. The zero-order chi connectivity index (χ0) is 32.3. The van der Waals surface area contributed by atoms with Gasteiger partial charge in [0.1, 0.15) is 0 Å². The third-order valence-corrected chi connectivity index (χ3v) is 10.7. The molecule has 1 saturated heterocycles. The number of para-hydroxylation sites is 1. The fourth-order valence-electron chi connectivity index (χ4n) is 5.35. The first-order valence-corrected chi connectivity index (χ1v) is 17.6. The van der Waals surface area contributed by atoms with Crippen LogP contribution < -0.4 is 5.32 Å². The van der Waals surface area contributed by atoms with Gasteiger partial charge in [-0.2, -0.15) is 0 Å². The summed E-state index contributed by atoms with van der Waals surface area (Å²) in [6.07, 6.45) is -0.874. The van der Waals surface area contributed by atoms with Gasteiger partial charge in [-0.15, -0.1) is 11.3 Å². The van der Waals surface area contributed by atoms with Crippen LogP contribution in [0.2, 0.25) is 0 Å². The first-order chi connectivity index (χ1) is 22.2. The highest BCUT2D eigenvalue weighted by Gasteiger charge is 2.38. The molecule has 238 valence electrons. The summed E-state index contributed by atoms with van der Waals surface area (Å²) < 4.78 is 13.5. The Morgan fingerprint density at radius 3 is 2.37 bits per heavy atom. The number of carbonyl (C=O) groups is 1. The average Bonchev–Trinajstić information content (AvgIpc) is 3.50. The van der Waals surface area contributed by atoms with Gasteiger partial charge in [0, 0.05) is 23.8 Å². The first-order valence-electron chi connectivity index (χ1n) is 14.7. The predicted molar refractivity (Wildman–Crippen MR) is 187 cm³/mol. The molecule has 0 bridgehead atoms. The molecule has 1 fully saturated rings. The SMILES string of the molecule is CC1C(CSc2nc3ccccc3s2)OC(c2ccc(-c3cccc(CNC(=O)C(Cl)(Cl)Cl)c3)cc2)OC1c1ccc(CO)cc1. The molecule has 1 aliphatic heterocycles. The van der Waals surface area contributed by atoms with Crippen LogP contribution in [0.4, 0.5) is 0 Å². The van der Waals surface area contributed by atoms with Gasteiger partial charge < -0.3 is 19.9 Å². The molecule has 2 N–H and O–H groups in total. The third-order valence-electron chi connectivity index (χ3n) is 7.92. The molecule has 6 nitrogen and oxygen atoms in total. The number of rotatable bonds is 9. The average molecular weight is 714 g/mol. The summed E-state index contributed by atoms with van der Waals surface area (Å²) in [6, 6.07) is 32.0. The summed E-state index contributed by atoms with van der Waals surface area (Å²) in [6.45, 7) is 2.39. The molecule has 11 heteroatoms. The van der Waals surface area contributed by atoms with Gasteiger partial charge >= 0.3 is 0 Å². The second-order valence-corrected chi connectivity index (χ2v) is 15.7. The smallest absolute Gasteiger partial charge is 0.272 e. The lowest BCUT2D eigenvalue weighted by Gasteiger charge is -2.41. The van der Waals surface area contributed by atoms with Crippen molar-refractivity contribution in [1.82, 2.24) is 10.3 Å². The van der Waals surface area contributed by atoms with Crippen molar-refractivity contribution in [1.29, 1.82) is 0 Å². The molecule has 0 saturated carbocycles.